The molecule has 34 heavy (non-hydrogen) atoms. The Labute approximate surface area is 204 Å². The van der Waals surface area contributed by atoms with Crippen molar-refractivity contribution in [2.24, 2.45) is 5.92 Å². The topological polar surface area (TPSA) is 99.8 Å². The molecule has 2 aromatic carbocycles. The largest absolute Gasteiger partial charge is 0.451 e. The summed E-state index contributed by atoms with van der Waals surface area (Å²) in [7, 11) is -4.02. The molecule has 3 aliphatic rings. The third-order valence-corrected chi connectivity index (χ3v) is 7.33. The SMILES string of the molecule is Cc1ccc(S(=O)(=O)O)cc1.O=C(N[C@H]1CN2CCC1CC2)c1ccc(-c2cccc(Cl)c2)o1. The summed E-state index contributed by atoms with van der Waals surface area (Å²) < 4.78 is 35.3. The van der Waals surface area contributed by atoms with E-state index in [9.17, 15) is 13.2 Å². The Kier molecular flexibility index (Phi) is 7.42. The average molecular weight is 503 g/mol. The number of nitrogens with zero attached hydrogens (tertiary/aromatic N) is 1. The zero-order valence-electron chi connectivity index (χ0n) is 18.8. The van der Waals surface area contributed by atoms with Crippen LogP contribution in [0.15, 0.2) is 70.0 Å². The molecule has 0 saturated carbocycles. The summed E-state index contributed by atoms with van der Waals surface area (Å²) in [6.45, 7) is 5.12. The number of benzene rings is 2. The quantitative estimate of drug-likeness (QED) is 0.503. The normalized spacial score (nSPS) is 21.4. The van der Waals surface area contributed by atoms with Crippen LogP contribution in [0.3, 0.4) is 0 Å². The van der Waals surface area contributed by atoms with Gasteiger partial charge in [-0.05, 0) is 75.2 Å². The van der Waals surface area contributed by atoms with Crippen LogP contribution in [0.1, 0.15) is 29.0 Å². The second-order valence-corrected chi connectivity index (χ2v) is 10.5. The number of carbonyl (C=O) groups excluding carboxylic acids is 1. The van der Waals surface area contributed by atoms with Gasteiger partial charge in [-0.1, -0.05) is 41.4 Å². The Morgan fingerprint density at radius 1 is 1.09 bits per heavy atom. The number of aryl methyl sites for hydroxylation is 1. The van der Waals surface area contributed by atoms with Crippen LogP contribution in [0.4, 0.5) is 0 Å². The number of piperidine rings is 3. The zero-order valence-corrected chi connectivity index (χ0v) is 20.3. The van der Waals surface area contributed by atoms with Crippen LogP contribution >= 0.6 is 11.6 Å². The number of hydrogen-bond acceptors (Lipinski definition) is 5. The molecule has 0 unspecified atom stereocenters. The van der Waals surface area contributed by atoms with E-state index in [1.54, 1.807) is 18.2 Å². The molecule has 1 amide bonds. The molecule has 3 saturated heterocycles. The molecule has 9 heteroatoms. The third kappa shape index (κ3) is 6.07. The molecule has 1 atom stereocenters. The van der Waals surface area contributed by atoms with E-state index >= 15 is 0 Å². The van der Waals surface area contributed by atoms with Crippen molar-refractivity contribution in [3.63, 3.8) is 0 Å². The molecule has 1 aromatic heterocycles. The van der Waals surface area contributed by atoms with Crippen LogP contribution in [0, 0.1) is 12.8 Å². The van der Waals surface area contributed by atoms with E-state index in [0.717, 1.165) is 30.8 Å². The van der Waals surface area contributed by atoms with Gasteiger partial charge in [0.15, 0.2) is 5.76 Å². The highest BCUT2D eigenvalue weighted by atomic mass is 35.5. The molecule has 2 bridgehead atoms. The first-order valence-corrected chi connectivity index (χ1v) is 12.9. The molecule has 0 spiro atoms. The fourth-order valence-corrected chi connectivity index (χ4v) is 5.01. The Balaban J connectivity index is 0.000000210. The van der Waals surface area contributed by atoms with Crippen LogP contribution in [-0.2, 0) is 10.1 Å². The van der Waals surface area contributed by atoms with E-state index in [0.29, 0.717) is 22.5 Å². The lowest BCUT2D eigenvalue weighted by Crippen LogP contribution is -2.57. The number of rotatable bonds is 4. The Bertz CT molecular complexity index is 1250. The lowest BCUT2D eigenvalue weighted by Gasteiger charge is -2.44. The Hall–Kier alpha value is -2.65. The van der Waals surface area contributed by atoms with Gasteiger partial charge in [-0.25, -0.2) is 0 Å². The minimum Gasteiger partial charge on any atom is -0.451 e. The maximum atomic E-state index is 12.5. The summed E-state index contributed by atoms with van der Waals surface area (Å²) in [5, 5.41) is 3.79. The minimum absolute atomic E-state index is 0.0666. The number of carbonyl (C=O) groups is 1. The highest BCUT2D eigenvalue weighted by Crippen LogP contribution is 2.28. The number of hydrogen-bond donors (Lipinski definition) is 2. The number of nitrogens with one attached hydrogen (secondary N) is 1. The number of fused-ring (bicyclic) bond motifs is 3. The second kappa shape index (κ2) is 10.3. The molecule has 3 fully saturated rings. The second-order valence-electron chi connectivity index (χ2n) is 8.68. The van der Waals surface area contributed by atoms with E-state index in [-0.39, 0.29) is 16.8 Å². The van der Waals surface area contributed by atoms with Crippen LogP contribution in [0.2, 0.25) is 5.02 Å². The van der Waals surface area contributed by atoms with E-state index in [1.165, 1.54) is 25.0 Å². The van der Waals surface area contributed by atoms with E-state index in [4.69, 9.17) is 20.6 Å². The summed E-state index contributed by atoms with van der Waals surface area (Å²) in [6, 6.07) is 17.2. The van der Waals surface area contributed by atoms with Crippen LogP contribution in [0.5, 0.6) is 0 Å². The van der Waals surface area contributed by atoms with Gasteiger partial charge in [0.1, 0.15) is 5.76 Å². The molecule has 3 aromatic rings. The van der Waals surface area contributed by atoms with Crippen molar-refractivity contribution in [2.45, 2.75) is 30.7 Å². The molecular weight excluding hydrogens is 476 g/mol. The molecule has 0 radical (unpaired) electrons. The molecule has 4 heterocycles. The van der Waals surface area contributed by atoms with Crippen molar-refractivity contribution in [3.05, 3.63) is 77.0 Å². The van der Waals surface area contributed by atoms with E-state index in [2.05, 4.69) is 10.2 Å². The number of halogens is 1. The highest BCUT2D eigenvalue weighted by Gasteiger charge is 2.35. The van der Waals surface area contributed by atoms with E-state index < -0.39 is 10.1 Å². The van der Waals surface area contributed by atoms with Gasteiger partial charge in [0.05, 0.1) is 4.90 Å². The zero-order chi connectivity index (χ0) is 24.3. The van der Waals surface area contributed by atoms with Crippen LogP contribution in [0.25, 0.3) is 11.3 Å². The standard InChI is InChI=1S/C18H19ClN2O2.C7H8O3S/c19-14-3-1-2-13(10-14)16-4-5-17(23-16)18(22)20-15-11-21-8-6-12(15)7-9-21;1-6-2-4-7(5-3-6)11(8,9)10/h1-5,10,12,15H,6-9,11H2,(H,20,22);2-5H,1H3,(H,8,9,10)/t15-;/m0./s1. The summed E-state index contributed by atoms with van der Waals surface area (Å²) in [5.74, 6) is 1.49. The van der Waals surface area contributed by atoms with Crippen molar-refractivity contribution in [3.8, 4) is 11.3 Å². The van der Waals surface area contributed by atoms with Gasteiger partial charge < -0.3 is 14.6 Å². The van der Waals surface area contributed by atoms with Crippen molar-refractivity contribution in [2.75, 3.05) is 19.6 Å². The lowest BCUT2D eigenvalue weighted by molar-refractivity contribution is 0.0606. The maximum Gasteiger partial charge on any atom is 0.294 e. The predicted octanol–water partition coefficient (Wildman–Crippen LogP) is 4.67. The number of amides is 1. The first-order valence-electron chi connectivity index (χ1n) is 11.1. The monoisotopic (exact) mass is 502 g/mol. The van der Waals surface area contributed by atoms with Crippen LogP contribution in [-0.4, -0.2) is 49.5 Å². The van der Waals surface area contributed by atoms with Gasteiger partial charge in [0, 0.05) is 23.2 Å². The van der Waals surface area contributed by atoms with Gasteiger partial charge in [-0.3, -0.25) is 9.35 Å². The van der Waals surface area contributed by atoms with E-state index in [1.807, 2.05) is 37.3 Å². The summed E-state index contributed by atoms with van der Waals surface area (Å²) in [6.07, 6.45) is 2.35. The molecule has 180 valence electrons. The minimum atomic E-state index is -4.02. The van der Waals surface area contributed by atoms with Gasteiger partial charge in [0.25, 0.3) is 16.0 Å². The van der Waals surface area contributed by atoms with Gasteiger partial charge >= 0.3 is 0 Å². The number of furan rings is 1. The molecule has 0 aliphatic carbocycles. The molecule has 7 nitrogen and oxygen atoms in total. The first kappa shape index (κ1) is 24.5. The van der Waals surface area contributed by atoms with Gasteiger partial charge in [-0.15, -0.1) is 0 Å². The third-order valence-electron chi connectivity index (χ3n) is 6.23. The highest BCUT2D eigenvalue weighted by molar-refractivity contribution is 7.85. The fraction of sp³-hybridized carbons (Fsp3) is 0.320. The lowest BCUT2D eigenvalue weighted by atomic mass is 9.84. The van der Waals surface area contributed by atoms with Crippen molar-refractivity contribution >= 4 is 27.6 Å². The Morgan fingerprint density at radius 3 is 2.38 bits per heavy atom. The molecule has 3 aliphatic heterocycles. The van der Waals surface area contributed by atoms with Crippen molar-refractivity contribution < 1.29 is 22.2 Å². The maximum absolute atomic E-state index is 12.5. The smallest absolute Gasteiger partial charge is 0.294 e. The van der Waals surface area contributed by atoms with Gasteiger partial charge in [-0.2, -0.15) is 8.42 Å². The van der Waals surface area contributed by atoms with Crippen molar-refractivity contribution in [1.29, 1.82) is 0 Å². The fourth-order valence-electron chi connectivity index (χ4n) is 4.34. The van der Waals surface area contributed by atoms with Crippen LogP contribution < -0.4 is 5.32 Å². The molecule has 2 N–H and O–H groups in total. The molecule has 6 rings (SSSR count). The van der Waals surface area contributed by atoms with Crippen molar-refractivity contribution in [1.82, 2.24) is 10.2 Å². The summed E-state index contributed by atoms with van der Waals surface area (Å²) in [4.78, 5) is 14.8. The van der Waals surface area contributed by atoms with Gasteiger partial charge in [0.2, 0.25) is 0 Å². The first-order chi connectivity index (χ1) is 16.2. The summed E-state index contributed by atoms with van der Waals surface area (Å²) >= 11 is 6.00. The Morgan fingerprint density at radius 2 is 1.79 bits per heavy atom. The average Bonchev–Trinajstić information content (AvgIpc) is 3.31. The summed E-state index contributed by atoms with van der Waals surface area (Å²) in [5.41, 5.74) is 1.83. The molecular formula is C25H27ClN2O5S. The predicted molar refractivity (Wildman–Crippen MR) is 131 cm³/mol.